The summed E-state index contributed by atoms with van der Waals surface area (Å²) in [6, 6.07) is -1.98. The predicted molar refractivity (Wildman–Crippen MR) is 97.9 cm³/mol. The van der Waals surface area contributed by atoms with Gasteiger partial charge in [-0.1, -0.05) is 0 Å². The van der Waals surface area contributed by atoms with Crippen LogP contribution in [0.3, 0.4) is 0 Å². The molecule has 0 radical (unpaired) electrons. The van der Waals surface area contributed by atoms with E-state index in [-0.39, 0.29) is 6.61 Å². The smallest absolute Gasteiger partial charge is 0.408 e. The van der Waals surface area contributed by atoms with E-state index >= 15 is 0 Å². The molecule has 0 aromatic heterocycles. The first-order valence-electron chi connectivity index (χ1n) is 9.05. The summed E-state index contributed by atoms with van der Waals surface area (Å²) in [7, 11) is 1.22. The van der Waals surface area contributed by atoms with E-state index in [2.05, 4.69) is 20.7 Å². The summed E-state index contributed by atoms with van der Waals surface area (Å²) >= 11 is 0. The quantitative estimate of drug-likeness (QED) is 0.434. The Kier molecular flexibility index (Phi) is 9.13. The molecule has 0 aliphatic carbocycles. The zero-order valence-corrected chi connectivity index (χ0v) is 16.7. The first-order valence-corrected chi connectivity index (χ1v) is 9.05. The molecule has 0 aromatic carbocycles. The van der Waals surface area contributed by atoms with Crippen LogP contribution in [0.15, 0.2) is 0 Å². The molecule has 1 rings (SSSR count). The lowest BCUT2D eigenvalue weighted by molar-refractivity contribution is -0.145. The Morgan fingerprint density at radius 2 is 1.86 bits per heavy atom. The van der Waals surface area contributed by atoms with Gasteiger partial charge in [-0.3, -0.25) is 9.59 Å². The number of nitrogens with two attached hydrogens (primary N) is 1. The van der Waals surface area contributed by atoms with Gasteiger partial charge in [-0.15, -0.1) is 0 Å². The van der Waals surface area contributed by atoms with E-state index in [0.717, 1.165) is 0 Å². The van der Waals surface area contributed by atoms with Crippen molar-refractivity contribution in [2.24, 2.45) is 5.73 Å². The zero-order valence-electron chi connectivity index (χ0n) is 16.7. The average Bonchev–Trinajstić information content (AvgIpc) is 2.59. The lowest BCUT2D eigenvalue weighted by atomic mass is 10.1. The van der Waals surface area contributed by atoms with Crippen LogP contribution >= 0.6 is 0 Å². The Hall–Kier alpha value is -2.40. The first-order chi connectivity index (χ1) is 13.0. The summed E-state index contributed by atoms with van der Waals surface area (Å²) in [5.41, 5.74) is 4.96. The summed E-state index contributed by atoms with van der Waals surface area (Å²) in [5, 5.41) is 7.15. The van der Waals surface area contributed by atoms with Gasteiger partial charge in [-0.05, 0) is 40.0 Å². The maximum Gasteiger partial charge on any atom is 0.408 e. The van der Waals surface area contributed by atoms with Crippen LogP contribution in [-0.2, 0) is 28.6 Å². The molecule has 3 amide bonds. The topological polar surface area (TPSA) is 158 Å². The molecule has 160 valence electrons. The van der Waals surface area contributed by atoms with Gasteiger partial charge in [0.2, 0.25) is 5.91 Å². The number of esters is 1. The van der Waals surface area contributed by atoms with Gasteiger partial charge in [-0.25, -0.2) is 9.59 Å². The number of hydrogen-bond acceptors (Lipinski definition) is 8. The highest BCUT2D eigenvalue weighted by Crippen LogP contribution is 2.08. The van der Waals surface area contributed by atoms with E-state index < -0.39 is 47.7 Å². The van der Waals surface area contributed by atoms with Crippen LogP contribution in [0.1, 0.15) is 40.0 Å². The van der Waals surface area contributed by atoms with Crippen molar-refractivity contribution in [3.63, 3.8) is 0 Å². The summed E-state index contributed by atoms with van der Waals surface area (Å²) < 4.78 is 15.3. The van der Waals surface area contributed by atoms with Crippen molar-refractivity contribution in [2.45, 2.75) is 63.9 Å². The molecule has 1 fully saturated rings. The lowest BCUT2D eigenvalue weighted by Crippen LogP contribution is -2.60. The van der Waals surface area contributed by atoms with Crippen molar-refractivity contribution >= 4 is 23.9 Å². The number of carbonyl (C=O) groups excluding carboxylic acids is 4. The molecule has 0 saturated carbocycles. The molecular formula is C17H30N4O7. The van der Waals surface area contributed by atoms with Crippen molar-refractivity contribution in [2.75, 3.05) is 20.3 Å². The fourth-order valence-corrected chi connectivity index (χ4v) is 2.36. The number of methoxy groups -OCH3 is 1. The monoisotopic (exact) mass is 402 g/mol. The molecule has 28 heavy (non-hydrogen) atoms. The van der Waals surface area contributed by atoms with E-state index in [1.54, 1.807) is 20.8 Å². The van der Waals surface area contributed by atoms with Gasteiger partial charge in [0.1, 0.15) is 17.7 Å². The van der Waals surface area contributed by atoms with Gasteiger partial charge in [0.05, 0.1) is 13.7 Å². The molecule has 1 heterocycles. The Balaban J connectivity index is 2.84. The van der Waals surface area contributed by atoms with Gasteiger partial charge >= 0.3 is 12.1 Å². The van der Waals surface area contributed by atoms with E-state index in [1.807, 2.05) is 0 Å². The van der Waals surface area contributed by atoms with Crippen molar-refractivity contribution in [1.82, 2.24) is 16.0 Å². The number of carbonyl (C=O) groups is 4. The minimum atomic E-state index is -1.43. The van der Waals surface area contributed by atoms with Crippen LogP contribution in [0.2, 0.25) is 0 Å². The van der Waals surface area contributed by atoms with Crippen LogP contribution in [-0.4, -0.2) is 68.1 Å². The second kappa shape index (κ2) is 10.8. The Morgan fingerprint density at radius 1 is 1.18 bits per heavy atom. The van der Waals surface area contributed by atoms with E-state index in [9.17, 15) is 19.2 Å². The van der Waals surface area contributed by atoms with E-state index in [0.29, 0.717) is 25.9 Å². The number of amides is 3. The van der Waals surface area contributed by atoms with Gasteiger partial charge < -0.3 is 35.9 Å². The summed E-state index contributed by atoms with van der Waals surface area (Å²) in [6.45, 7) is 5.23. The van der Waals surface area contributed by atoms with E-state index in [1.165, 1.54) is 7.11 Å². The maximum atomic E-state index is 12.4. The molecule has 0 unspecified atom stereocenters. The third-order valence-electron chi connectivity index (χ3n) is 3.71. The fraction of sp³-hybridized carbons (Fsp3) is 0.765. The molecular weight excluding hydrogens is 372 g/mol. The van der Waals surface area contributed by atoms with E-state index in [4.69, 9.17) is 15.2 Å². The second-order valence-corrected chi connectivity index (χ2v) is 7.34. The highest BCUT2D eigenvalue weighted by Gasteiger charge is 2.29. The van der Waals surface area contributed by atoms with Gasteiger partial charge in [0.15, 0.2) is 6.17 Å². The molecule has 5 N–H and O–H groups in total. The van der Waals surface area contributed by atoms with Gasteiger partial charge in [0, 0.05) is 6.61 Å². The number of rotatable bonds is 2. The predicted octanol–water partition coefficient (Wildman–Crippen LogP) is -0.861. The molecule has 0 spiro atoms. The van der Waals surface area contributed by atoms with Crippen molar-refractivity contribution in [3.8, 4) is 0 Å². The molecule has 1 saturated heterocycles. The zero-order chi connectivity index (χ0) is 21.3. The van der Waals surface area contributed by atoms with Crippen molar-refractivity contribution < 1.29 is 33.4 Å². The molecule has 11 nitrogen and oxygen atoms in total. The number of hydrogen-bond donors (Lipinski definition) is 4. The highest BCUT2D eigenvalue weighted by molar-refractivity contribution is 5.92. The molecule has 11 heteroatoms. The number of alkyl carbamates (subject to hydrolysis) is 1. The Bertz CT molecular complexity index is 576. The van der Waals surface area contributed by atoms with Crippen molar-refractivity contribution in [3.05, 3.63) is 0 Å². The molecule has 1 aliphatic rings. The highest BCUT2D eigenvalue weighted by atomic mass is 16.6. The summed E-state index contributed by atoms with van der Waals surface area (Å²) in [4.78, 5) is 48.4. The molecule has 0 bridgehead atoms. The standard InChI is InChI=1S/C17H30N4O7/c1-17(2,3)28-16(25)20-11-9-27-8-6-5-7-10(15(24)26-4)19-14(23)12(18)21-13(11)22/h10-12H,5-9,18H2,1-4H3,(H,19,23)(H,20,25)(H,21,22)/t10-,11-,12+/m0/s1. The maximum absolute atomic E-state index is 12.4. The minimum Gasteiger partial charge on any atom is -0.467 e. The van der Waals surface area contributed by atoms with Gasteiger partial charge in [0.25, 0.3) is 5.91 Å². The third-order valence-corrected chi connectivity index (χ3v) is 3.71. The van der Waals surface area contributed by atoms with Crippen LogP contribution in [0.4, 0.5) is 4.79 Å². The van der Waals surface area contributed by atoms with Crippen LogP contribution in [0.5, 0.6) is 0 Å². The van der Waals surface area contributed by atoms with Crippen LogP contribution in [0.25, 0.3) is 0 Å². The molecule has 1 aliphatic heterocycles. The molecule has 0 aromatic rings. The number of ether oxygens (including phenoxy) is 3. The normalized spacial score (nSPS) is 25.1. The third kappa shape index (κ3) is 8.53. The number of nitrogens with one attached hydrogen (secondary N) is 3. The first kappa shape index (κ1) is 23.6. The Morgan fingerprint density at radius 3 is 2.46 bits per heavy atom. The fourth-order valence-electron chi connectivity index (χ4n) is 2.36. The SMILES string of the molecule is COC(=O)[C@@H]1CCCCOC[C@H](NC(=O)OC(C)(C)C)C(=O)N[C@@H](N)C(=O)N1. The van der Waals surface area contributed by atoms with Crippen molar-refractivity contribution in [1.29, 1.82) is 0 Å². The average molecular weight is 402 g/mol. The minimum absolute atomic E-state index is 0.125. The summed E-state index contributed by atoms with van der Waals surface area (Å²) in [6.07, 6.45) is -0.744. The van der Waals surface area contributed by atoms with Crippen LogP contribution < -0.4 is 21.7 Å². The second-order valence-electron chi connectivity index (χ2n) is 7.34. The summed E-state index contributed by atoms with van der Waals surface area (Å²) in [5.74, 6) is -2.07. The van der Waals surface area contributed by atoms with Crippen LogP contribution in [0, 0.1) is 0 Å². The lowest BCUT2D eigenvalue weighted by Gasteiger charge is -2.24. The molecule has 3 atom stereocenters. The van der Waals surface area contributed by atoms with Gasteiger partial charge in [-0.2, -0.15) is 0 Å². The largest absolute Gasteiger partial charge is 0.467 e. The Labute approximate surface area is 164 Å².